The van der Waals surface area contributed by atoms with Crippen LogP contribution < -0.4 is 9.46 Å². The molecule has 172 valence electrons. The molecule has 9 heteroatoms. The molecule has 34 heavy (non-hydrogen) atoms. The number of para-hydroxylation sites is 1. The zero-order chi connectivity index (χ0) is 24.0. The van der Waals surface area contributed by atoms with Crippen LogP contribution in [0, 0.1) is 6.92 Å². The summed E-state index contributed by atoms with van der Waals surface area (Å²) < 4.78 is 34.4. The number of benzene rings is 3. The highest BCUT2D eigenvalue weighted by Crippen LogP contribution is 2.30. The number of nitrogens with zero attached hydrogens (tertiary/aromatic N) is 3. The van der Waals surface area contributed by atoms with E-state index in [0.717, 1.165) is 11.1 Å². The van der Waals surface area contributed by atoms with Gasteiger partial charge in [0.2, 0.25) is 0 Å². The number of sulfonamides is 1. The minimum absolute atomic E-state index is 0.0244. The topological polar surface area (TPSA) is 93.0 Å². The minimum Gasteiger partial charge on any atom is -0.456 e. The Bertz CT molecular complexity index is 1410. The number of hydrogen-bond acceptors (Lipinski definition) is 6. The van der Waals surface area contributed by atoms with Crippen molar-refractivity contribution in [3.8, 4) is 11.5 Å². The van der Waals surface area contributed by atoms with E-state index in [1.54, 1.807) is 60.9 Å². The second kappa shape index (κ2) is 10.5. The van der Waals surface area contributed by atoms with Gasteiger partial charge in [0, 0.05) is 6.20 Å². The Balaban J connectivity index is 1.49. The van der Waals surface area contributed by atoms with Crippen LogP contribution in [0.3, 0.4) is 0 Å². The van der Waals surface area contributed by atoms with Gasteiger partial charge in [-0.25, -0.2) is 8.42 Å². The number of anilines is 1. The first kappa shape index (κ1) is 23.4. The highest BCUT2D eigenvalue weighted by molar-refractivity contribution is 7.92. The second-order valence-corrected chi connectivity index (χ2v) is 9.45. The Morgan fingerprint density at radius 1 is 0.971 bits per heavy atom. The number of ether oxygens (including phenoxy) is 1. The highest BCUT2D eigenvalue weighted by Gasteiger charge is 2.20. The predicted octanol–water partition coefficient (Wildman–Crippen LogP) is 6.92. The van der Waals surface area contributed by atoms with Crippen molar-refractivity contribution in [2.45, 2.75) is 18.4 Å². The van der Waals surface area contributed by atoms with E-state index in [1.165, 1.54) is 0 Å². The van der Waals surface area contributed by atoms with Gasteiger partial charge >= 0.3 is 0 Å². The molecule has 1 heterocycles. The summed E-state index contributed by atoms with van der Waals surface area (Å²) in [7, 11) is -3.93. The molecular formula is C25H21ClN4O3S. The molecule has 0 aliphatic rings. The number of azo groups is 1. The van der Waals surface area contributed by atoms with Crippen LogP contribution in [-0.4, -0.2) is 13.4 Å². The van der Waals surface area contributed by atoms with Crippen LogP contribution in [0.2, 0.25) is 5.02 Å². The van der Waals surface area contributed by atoms with Gasteiger partial charge in [-0.05, 0) is 66.6 Å². The molecule has 0 unspecified atom stereocenters. The molecule has 0 atom stereocenters. The number of rotatable bonds is 8. The van der Waals surface area contributed by atoms with Gasteiger partial charge in [-0.1, -0.05) is 41.9 Å². The molecule has 7 nitrogen and oxygen atoms in total. The first-order valence-electron chi connectivity index (χ1n) is 10.3. The Kier molecular flexibility index (Phi) is 7.20. The molecular weight excluding hydrogens is 472 g/mol. The van der Waals surface area contributed by atoms with Crippen LogP contribution in [-0.2, 0) is 16.6 Å². The average molecular weight is 493 g/mol. The first-order chi connectivity index (χ1) is 16.4. The van der Waals surface area contributed by atoms with Gasteiger partial charge in [0.1, 0.15) is 22.1 Å². The lowest BCUT2D eigenvalue weighted by molar-refractivity contribution is 0.480. The Morgan fingerprint density at radius 2 is 1.76 bits per heavy atom. The lowest BCUT2D eigenvalue weighted by Gasteiger charge is -2.11. The number of aromatic nitrogens is 1. The van der Waals surface area contributed by atoms with Gasteiger partial charge < -0.3 is 4.74 Å². The SMILES string of the molecule is Cc1ccc(N=NCc2ccc(Oc3cccnc3)cc2)c(S(=O)(=O)Nc2ccccc2Cl)c1. The fraction of sp³-hybridized carbons (Fsp3) is 0.0800. The first-order valence-corrected chi connectivity index (χ1v) is 12.2. The zero-order valence-corrected chi connectivity index (χ0v) is 19.8. The summed E-state index contributed by atoms with van der Waals surface area (Å²) in [5, 5.41) is 8.71. The van der Waals surface area contributed by atoms with Crippen LogP contribution >= 0.6 is 11.6 Å². The van der Waals surface area contributed by atoms with Crippen LogP contribution in [0.5, 0.6) is 11.5 Å². The smallest absolute Gasteiger partial charge is 0.264 e. The van der Waals surface area contributed by atoms with Crippen LogP contribution in [0.4, 0.5) is 11.4 Å². The number of halogens is 1. The summed E-state index contributed by atoms with van der Waals surface area (Å²) in [6, 6.07) is 22.6. The quantitative estimate of drug-likeness (QED) is 0.270. The van der Waals surface area contributed by atoms with E-state index in [9.17, 15) is 8.42 Å². The maximum atomic E-state index is 13.1. The van der Waals surface area contributed by atoms with Crippen molar-refractivity contribution in [2.75, 3.05) is 4.72 Å². The van der Waals surface area contributed by atoms with E-state index in [0.29, 0.717) is 22.2 Å². The normalized spacial score (nSPS) is 11.5. The number of hydrogen-bond donors (Lipinski definition) is 1. The molecule has 0 amide bonds. The van der Waals surface area contributed by atoms with Crippen molar-refractivity contribution in [1.82, 2.24) is 4.98 Å². The van der Waals surface area contributed by atoms with Crippen molar-refractivity contribution in [3.63, 3.8) is 0 Å². The van der Waals surface area contributed by atoms with Gasteiger partial charge in [-0.3, -0.25) is 9.71 Å². The van der Waals surface area contributed by atoms with E-state index < -0.39 is 10.0 Å². The summed E-state index contributed by atoms with van der Waals surface area (Å²) in [5.74, 6) is 1.32. The van der Waals surface area contributed by atoms with Gasteiger partial charge in [-0.15, -0.1) is 0 Å². The summed E-state index contributed by atoms with van der Waals surface area (Å²) >= 11 is 6.12. The second-order valence-electron chi connectivity index (χ2n) is 7.39. The molecule has 0 spiro atoms. The van der Waals surface area contributed by atoms with E-state index in [2.05, 4.69) is 19.9 Å². The van der Waals surface area contributed by atoms with E-state index in [1.807, 2.05) is 37.3 Å². The van der Waals surface area contributed by atoms with E-state index in [-0.39, 0.29) is 17.1 Å². The average Bonchev–Trinajstić information content (AvgIpc) is 2.83. The van der Waals surface area contributed by atoms with Gasteiger partial charge in [0.05, 0.1) is 23.5 Å². The Hall–Kier alpha value is -3.75. The molecule has 4 rings (SSSR count). The van der Waals surface area contributed by atoms with Gasteiger partial charge in [0.25, 0.3) is 10.0 Å². The third-order valence-corrected chi connectivity index (χ3v) is 6.47. The van der Waals surface area contributed by atoms with Crippen molar-refractivity contribution in [2.24, 2.45) is 10.2 Å². The Morgan fingerprint density at radius 3 is 2.50 bits per heavy atom. The number of aryl methyl sites for hydroxylation is 1. The van der Waals surface area contributed by atoms with Crippen LogP contribution in [0.1, 0.15) is 11.1 Å². The van der Waals surface area contributed by atoms with Gasteiger partial charge in [0.15, 0.2) is 0 Å². The monoisotopic (exact) mass is 492 g/mol. The van der Waals surface area contributed by atoms with E-state index in [4.69, 9.17) is 16.3 Å². The lowest BCUT2D eigenvalue weighted by Crippen LogP contribution is -2.13. The standard InChI is InChI=1S/C25H21ClN4O3S/c1-18-8-13-24(25(15-18)34(31,32)30-23-7-3-2-6-22(23)26)29-28-16-19-9-11-20(12-10-19)33-21-5-4-14-27-17-21/h2-15,17,30H,16H2,1H3. The lowest BCUT2D eigenvalue weighted by atomic mass is 10.2. The molecule has 0 aliphatic heterocycles. The number of nitrogens with one attached hydrogen (secondary N) is 1. The largest absolute Gasteiger partial charge is 0.456 e. The maximum absolute atomic E-state index is 13.1. The van der Waals surface area contributed by atoms with Gasteiger partial charge in [-0.2, -0.15) is 10.2 Å². The Labute approximate surface area is 203 Å². The van der Waals surface area contributed by atoms with Crippen LogP contribution in [0.25, 0.3) is 0 Å². The third-order valence-electron chi connectivity index (χ3n) is 4.75. The zero-order valence-electron chi connectivity index (χ0n) is 18.2. The molecule has 0 radical (unpaired) electrons. The molecule has 3 aromatic carbocycles. The summed E-state index contributed by atoms with van der Waals surface area (Å²) in [6.45, 7) is 2.09. The molecule has 0 saturated heterocycles. The molecule has 4 aromatic rings. The minimum atomic E-state index is -3.93. The van der Waals surface area contributed by atoms with Crippen molar-refractivity contribution in [1.29, 1.82) is 0 Å². The molecule has 1 N–H and O–H groups in total. The van der Waals surface area contributed by atoms with Crippen LogP contribution in [0.15, 0.2) is 106 Å². The molecule has 0 fully saturated rings. The van der Waals surface area contributed by atoms with Crippen molar-refractivity contribution in [3.05, 3.63) is 107 Å². The van der Waals surface area contributed by atoms with E-state index >= 15 is 0 Å². The summed E-state index contributed by atoms with van der Waals surface area (Å²) in [4.78, 5) is 4.04. The molecule has 0 aliphatic carbocycles. The number of pyridine rings is 1. The fourth-order valence-electron chi connectivity index (χ4n) is 3.06. The molecule has 0 bridgehead atoms. The van der Waals surface area contributed by atoms with Crippen molar-refractivity contribution >= 4 is 33.0 Å². The highest BCUT2D eigenvalue weighted by atomic mass is 35.5. The summed E-state index contributed by atoms with van der Waals surface area (Å²) in [5.41, 5.74) is 2.21. The molecule has 1 aromatic heterocycles. The third kappa shape index (κ3) is 5.98. The predicted molar refractivity (Wildman–Crippen MR) is 132 cm³/mol. The summed E-state index contributed by atoms with van der Waals surface area (Å²) in [6.07, 6.45) is 3.31. The maximum Gasteiger partial charge on any atom is 0.264 e. The fourth-order valence-corrected chi connectivity index (χ4v) is 4.60. The molecule has 0 saturated carbocycles. The van der Waals surface area contributed by atoms with Crippen molar-refractivity contribution < 1.29 is 13.2 Å².